The summed E-state index contributed by atoms with van der Waals surface area (Å²) in [4.78, 5) is 2.03. The van der Waals surface area contributed by atoms with Crippen molar-refractivity contribution in [2.75, 3.05) is 0 Å². The van der Waals surface area contributed by atoms with Crippen molar-refractivity contribution in [1.82, 2.24) is 4.90 Å². The number of rotatable bonds is 3. The highest BCUT2D eigenvalue weighted by molar-refractivity contribution is 5.88. The van der Waals surface area contributed by atoms with Crippen LogP contribution in [0, 0.1) is 16.7 Å². The molecule has 2 bridgehead atoms. The average molecular weight is 427 g/mol. The lowest BCUT2D eigenvalue weighted by atomic mass is 9.33. The monoisotopic (exact) mass is 426 g/mol. The van der Waals surface area contributed by atoms with Gasteiger partial charge in [0, 0.05) is 34.8 Å². The summed E-state index contributed by atoms with van der Waals surface area (Å²) in [6.45, 7) is 4.14. The second-order valence-electron chi connectivity index (χ2n) is 9.84. The summed E-state index contributed by atoms with van der Waals surface area (Å²) in [6, 6.07) is 8.83. The van der Waals surface area contributed by atoms with Crippen LogP contribution >= 0.6 is 0 Å². The molecule has 160 valence electrons. The molecule has 2 nitrogen and oxygen atoms in total. The first-order valence-electron chi connectivity index (χ1n) is 11.7. The number of allylic oxidation sites excluding steroid dienone is 15. The van der Waals surface area contributed by atoms with Crippen molar-refractivity contribution in [3.8, 4) is 0 Å². The molecule has 1 aliphatic heterocycles. The second kappa shape index (κ2) is 6.39. The van der Waals surface area contributed by atoms with Gasteiger partial charge < -0.3 is 10.6 Å². The first-order valence-corrected chi connectivity index (χ1v) is 11.7. The molecule has 7 aliphatic rings. The van der Waals surface area contributed by atoms with Crippen molar-refractivity contribution in [1.29, 1.82) is 0 Å². The number of benzene rings is 1. The normalized spacial score (nSPS) is 32.5. The van der Waals surface area contributed by atoms with Crippen molar-refractivity contribution in [2.24, 2.45) is 22.5 Å². The lowest BCUT2D eigenvalue weighted by Gasteiger charge is -2.69. The molecule has 1 fully saturated rings. The van der Waals surface area contributed by atoms with Gasteiger partial charge in [0.15, 0.2) is 0 Å². The standard InChI is InChI=1S/C31H26N2/c1-21-5-2-3-18-33(21)28(19-32)23-9-7-22(8-10-23)26-13-12-25-15-17-30-16-4-6-24-11-14-27(26)31(25,20-30)29(24)30/h2-10,12-19,29H,1,11,20,32H2/b28-19-. The third-order valence-electron chi connectivity index (χ3n) is 8.39. The molecule has 2 N–H and O–H groups in total. The van der Waals surface area contributed by atoms with Gasteiger partial charge in [-0.3, -0.25) is 0 Å². The van der Waals surface area contributed by atoms with Gasteiger partial charge in [0.05, 0.1) is 5.70 Å². The van der Waals surface area contributed by atoms with Crippen molar-refractivity contribution in [3.63, 3.8) is 0 Å². The van der Waals surface area contributed by atoms with Crippen LogP contribution in [0.1, 0.15) is 24.0 Å². The van der Waals surface area contributed by atoms with Gasteiger partial charge in [-0.1, -0.05) is 91.1 Å². The molecule has 1 aromatic rings. The van der Waals surface area contributed by atoms with Crippen LogP contribution in [0.4, 0.5) is 0 Å². The topological polar surface area (TPSA) is 29.3 Å². The molecule has 3 unspecified atom stereocenters. The Morgan fingerprint density at radius 3 is 2.73 bits per heavy atom. The van der Waals surface area contributed by atoms with Crippen molar-refractivity contribution in [3.05, 3.63) is 144 Å². The van der Waals surface area contributed by atoms with Gasteiger partial charge in [-0.05, 0) is 52.8 Å². The fraction of sp³-hybridized carbons (Fsp3) is 0.161. The van der Waals surface area contributed by atoms with Gasteiger partial charge >= 0.3 is 0 Å². The fourth-order valence-corrected chi connectivity index (χ4v) is 7.06. The van der Waals surface area contributed by atoms with Gasteiger partial charge in [-0.15, -0.1) is 0 Å². The number of nitrogens with zero attached hydrogens (tertiary/aromatic N) is 1. The first kappa shape index (κ1) is 18.8. The highest BCUT2D eigenvalue weighted by atomic mass is 15.1. The maximum atomic E-state index is 6.04. The van der Waals surface area contributed by atoms with E-state index >= 15 is 0 Å². The molecule has 2 spiro atoms. The number of hydrogen-bond acceptors (Lipinski definition) is 2. The van der Waals surface area contributed by atoms with E-state index in [1.165, 1.54) is 28.7 Å². The summed E-state index contributed by atoms with van der Waals surface area (Å²) in [5.41, 5.74) is 16.6. The van der Waals surface area contributed by atoms with E-state index in [-0.39, 0.29) is 10.8 Å². The Balaban J connectivity index is 1.27. The molecule has 2 heteroatoms. The quantitative estimate of drug-likeness (QED) is 0.593. The molecule has 0 saturated heterocycles. The highest BCUT2D eigenvalue weighted by Gasteiger charge is 2.68. The van der Waals surface area contributed by atoms with E-state index in [0.29, 0.717) is 5.92 Å². The molecule has 1 saturated carbocycles. The van der Waals surface area contributed by atoms with E-state index in [1.807, 2.05) is 29.3 Å². The van der Waals surface area contributed by atoms with E-state index in [2.05, 4.69) is 79.5 Å². The van der Waals surface area contributed by atoms with Crippen LogP contribution in [0.5, 0.6) is 0 Å². The molecule has 0 radical (unpaired) electrons. The number of hydrogen-bond donors (Lipinski definition) is 1. The molecular weight excluding hydrogens is 400 g/mol. The minimum absolute atomic E-state index is 0.150. The van der Waals surface area contributed by atoms with Crippen LogP contribution in [0.15, 0.2) is 132 Å². The van der Waals surface area contributed by atoms with E-state index in [4.69, 9.17) is 5.73 Å². The van der Waals surface area contributed by atoms with E-state index in [9.17, 15) is 0 Å². The Hall–Kier alpha value is -3.78. The molecule has 0 amide bonds. The zero-order chi connectivity index (χ0) is 22.2. The predicted octanol–water partition coefficient (Wildman–Crippen LogP) is 6.56. The molecule has 8 rings (SSSR count). The Bertz CT molecular complexity index is 1380. The largest absolute Gasteiger partial charge is 0.403 e. The van der Waals surface area contributed by atoms with Gasteiger partial charge in [-0.25, -0.2) is 0 Å². The predicted molar refractivity (Wildman–Crippen MR) is 136 cm³/mol. The summed E-state index contributed by atoms with van der Waals surface area (Å²) >= 11 is 0. The molecule has 6 aliphatic carbocycles. The van der Waals surface area contributed by atoms with E-state index < -0.39 is 0 Å². The minimum Gasteiger partial charge on any atom is -0.403 e. The van der Waals surface area contributed by atoms with Crippen molar-refractivity contribution >= 4 is 11.3 Å². The van der Waals surface area contributed by atoms with Crippen LogP contribution in [0.3, 0.4) is 0 Å². The Morgan fingerprint density at radius 2 is 1.91 bits per heavy atom. The molecule has 1 heterocycles. The maximum absolute atomic E-state index is 6.04. The first-order chi connectivity index (χ1) is 16.2. The summed E-state index contributed by atoms with van der Waals surface area (Å²) in [5.74, 6) is 0.589. The van der Waals surface area contributed by atoms with Crippen LogP contribution in [-0.2, 0) is 0 Å². The van der Waals surface area contributed by atoms with E-state index in [0.717, 1.165) is 23.4 Å². The SMILES string of the molecule is C=C1C=CC=CN1/C(=C\N)c1ccc(C2=CC=C3C=CC45C=CC=C6CC=C2C3(C4)C65)cc1. The smallest absolute Gasteiger partial charge is 0.0682 e. The minimum atomic E-state index is 0.150. The Kier molecular flexibility index (Phi) is 3.63. The second-order valence-corrected chi connectivity index (χ2v) is 9.84. The van der Waals surface area contributed by atoms with Crippen LogP contribution in [0.25, 0.3) is 11.3 Å². The molecule has 3 atom stereocenters. The number of nitrogens with two attached hydrogens (primary N) is 1. The zero-order valence-corrected chi connectivity index (χ0v) is 18.5. The highest BCUT2D eigenvalue weighted by Crippen LogP contribution is 2.77. The van der Waals surface area contributed by atoms with Gasteiger partial charge in [0.2, 0.25) is 0 Å². The van der Waals surface area contributed by atoms with Gasteiger partial charge in [-0.2, -0.15) is 0 Å². The van der Waals surface area contributed by atoms with Gasteiger partial charge in [0.1, 0.15) is 0 Å². The van der Waals surface area contributed by atoms with Crippen LogP contribution in [-0.4, -0.2) is 4.90 Å². The lowest BCUT2D eigenvalue weighted by Crippen LogP contribution is -2.61. The Morgan fingerprint density at radius 1 is 1.03 bits per heavy atom. The molecular formula is C31H26N2. The molecule has 0 aromatic heterocycles. The summed E-state index contributed by atoms with van der Waals surface area (Å²) in [6.07, 6.45) is 31.0. The zero-order valence-electron chi connectivity index (χ0n) is 18.5. The van der Waals surface area contributed by atoms with Crippen molar-refractivity contribution in [2.45, 2.75) is 12.8 Å². The molecule has 33 heavy (non-hydrogen) atoms. The van der Waals surface area contributed by atoms with Crippen molar-refractivity contribution < 1.29 is 0 Å². The third kappa shape index (κ3) is 2.28. The lowest BCUT2D eigenvalue weighted by molar-refractivity contribution is 0.0101. The molecule has 1 aromatic carbocycles. The summed E-state index contributed by atoms with van der Waals surface area (Å²) in [5, 5.41) is 0. The Labute approximate surface area is 195 Å². The summed E-state index contributed by atoms with van der Waals surface area (Å²) < 4.78 is 0. The fourth-order valence-electron chi connectivity index (χ4n) is 7.06. The summed E-state index contributed by atoms with van der Waals surface area (Å²) in [7, 11) is 0. The van der Waals surface area contributed by atoms with Crippen LogP contribution in [0.2, 0.25) is 0 Å². The van der Waals surface area contributed by atoms with Crippen LogP contribution < -0.4 is 5.73 Å². The van der Waals surface area contributed by atoms with Gasteiger partial charge in [0.25, 0.3) is 0 Å². The van der Waals surface area contributed by atoms with E-state index in [1.54, 1.807) is 11.8 Å². The third-order valence-corrected chi connectivity index (χ3v) is 8.39. The maximum Gasteiger partial charge on any atom is 0.0682 e. The average Bonchev–Trinajstić information content (AvgIpc) is 2.84.